The number of carboxylic acids is 1. The molecule has 0 aliphatic heterocycles. The van der Waals surface area contributed by atoms with Gasteiger partial charge < -0.3 is 26.0 Å². The van der Waals surface area contributed by atoms with E-state index in [2.05, 4.69) is 10.6 Å². The first-order chi connectivity index (χ1) is 11.9. The number of urea groups is 1. The van der Waals surface area contributed by atoms with E-state index in [1.54, 1.807) is 4.57 Å². The fourth-order valence-electron chi connectivity index (χ4n) is 2.68. The van der Waals surface area contributed by atoms with Gasteiger partial charge in [-0.15, -0.1) is 0 Å². The molecule has 0 radical (unpaired) electrons. The number of nitrogens with two attached hydrogens (primary N) is 1. The van der Waals surface area contributed by atoms with Gasteiger partial charge in [0.25, 0.3) is 0 Å². The summed E-state index contributed by atoms with van der Waals surface area (Å²) in [5.74, 6) is -1.49. The van der Waals surface area contributed by atoms with Crippen LogP contribution in [0.15, 0.2) is 30.5 Å². The van der Waals surface area contributed by atoms with Crippen molar-refractivity contribution in [2.75, 3.05) is 6.54 Å². The molecule has 1 unspecified atom stereocenters. The average Bonchev–Trinajstić information content (AvgIpc) is 2.94. The van der Waals surface area contributed by atoms with Crippen molar-refractivity contribution in [3.8, 4) is 0 Å². The van der Waals surface area contributed by atoms with Crippen LogP contribution >= 0.6 is 0 Å². The molecule has 8 heteroatoms. The maximum absolute atomic E-state index is 12.2. The number of nitrogens with zero attached hydrogens (tertiary/aromatic N) is 1. The number of nitrogens with one attached hydrogen (secondary N) is 2. The lowest BCUT2D eigenvalue weighted by molar-refractivity contribution is -0.142. The van der Waals surface area contributed by atoms with Crippen LogP contribution in [0, 0.1) is 6.92 Å². The Balaban J connectivity index is 1.95. The highest BCUT2D eigenvalue weighted by molar-refractivity contribution is 5.87. The number of carbonyl (C=O) groups excluding carboxylic acids is 2. The van der Waals surface area contributed by atoms with Crippen molar-refractivity contribution >= 4 is 28.8 Å². The standard InChI is InChI=1S/C17H22N4O4/c1-11-4-2-6-14-12(11)7-9-21(14)10-15(22)20-13(16(23)24)5-3-8-19-17(18)25/h2,4,6-7,9,13H,3,5,8,10H2,1H3,(H,20,22)(H,23,24)(H3,18,19,25). The number of aryl methyl sites for hydroxylation is 1. The van der Waals surface area contributed by atoms with Crippen LogP contribution in [0.2, 0.25) is 0 Å². The van der Waals surface area contributed by atoms with Crippen LogP contribution in [0.1, 0.15) is 18.4 Å². The highest BCUT2D eigenvalue weighted by atomic mass is 16.4. The molecule has 1 aromatic carbocycles. The topological polar surface area (TPSA) is 126 Å². The lowest BCUT2D eigenvalue weighted by Crippen LogP contribution is -2.42. The first-order valence-corrected chi connectivity index (χ1v) is 7.98. The number of benzene rings is 1. The first kappa shape index (κ1) is 18.3. The number of hydrogen-bond acceptors (Lipinski definition) is 3. The predicted molar refractivity (Wildman–Crippen MR) is 93.1 cm³/mol. The maximum atomic E-state index is 12.2. The summed E-state index contributed by atoms with van der Waals surface area (Å²) in [4.78, 5) is 34.1. The van der Waals surface area contributed by atoms with E-state index >= 15 is 0 Å². The number of carbonyl (C=O) groups is 3. The van der Waals surface area contributed by atoms with Gasteiger partial charge in [0.15, 0.2) is 0 Å². The SMILES string of the molecule is Cc1cccc2c1ccn2CC(=O)NC(CCCNC(N)=O)C(=O)O. The number of rotatable bonds is 8. The van der Waals surface area contributed by atoms with E-state index in [1.165, 1.54) is 0 Å². The van der Waals surface area contributed by atoms with Gasteiger partial charge in [-0.2, -0.15) is 0 Å². The van der Waals surface area contributed by atoms with E-state index in [0.29, 0.717) is 6.42 Å². The monoisotopic (exact) mass is 346 g/mol. The third kappa shape index (κ3) is 4.97. The van der Waals surface area contributed by atoms with Gasteiger partial charge in [0.05, 0.1) is 0 Å². The fourth-order valence-corrected chi connectivity index (χ4v) is 2.68. The van der Waals surface area contributed by atoms with Crippen molar-refractivity contribution in [3.05, 3.63) is 36.0 Å². The zero-order valence-electron chi connectivity index (χ0n) is 14.0. The smallest absolute Gasteiger partial charge is 0.326 e. The number of fused-ring (bicyclic) bond motifs is 1. The maximum Gasteiger partial charge on any atom is 0.326 e. The summed E-state index contributed by atoms with van der Waals surface area (Å²) in [5.41, 5.74) is 6.98. The summed E-state index contributed by atoms with van der Waals surface area (Å²) in [7, 11) is 0. The second kappa shape index (κ2) is 8.18. The van der Waals surface area contributed by atoms with Crippen LogP contribution in [0.4, 0.5) is 4.79 Å². The quantitative estimate of drug-likeness (QED) is 0.531. The lowest BCUT2D eigenvalue weighted by Gasteiger charge is -2.15. The highest BCUT2D eigenvalue weighted by Crippen LogP contribution is 2.19. The number of primary amides is 1. The molecule has 134 valence electrons. The van der Waals surface area contributed by atoms with Crippen molar-refractivity contribution in [2.45, 2.75) is 32.4 Å². The minimum absolute atomic E-state index is 0.0380. The minimum atomic E-state index is -1.11. The molecular formula is C17H22N4O4. The van der Waals surface area contributed by atoms with Gasteiger partial charge in [0.1, 0.15) is 12.6 Å². The van der Waals surface area contributed by atoms with Crippen molar-refractivity contribution in [2.24, 2.45) is 5.73 Å². The summed E-state index contributed by atoms with van der Waals surface area (Å²) >= 11 is 0. The second-order valence-corrected chi connectivity index (χ2v) is 5.84. The molecule has 0 aliphatic rings. The number of aromatic nitrogens is 1. The zero-order chi connectivity index (χ0) is 18.4. The zero-order valence-corrected chi connectivity index (χ0v) is 14.0. The molecule has 1 atom stereocenters. The van der Waals surface area contributed by atoms with E-state index in [1.807, 2.05) is 37.4 Å². The Morgan fingerprint density at radius 2 is 2.04 bits per heavy atom. The minimum Gasteiger partial charge on any atom is -0.480 e. The molecule has 8 nitrogen and oxygen atoms in total. The first-order valence-electron chi connectivity index (χ1n) is 7.98. The largest absolute Gasteiger partial charge is 0.480 e. The molecule has 1 heterocycles. The molecular weight excluding hydrogens is 324 g/mol. The summed E-state index contributed by atoms with van der Waals surface area (Å²) in [6.45, 7) is 2.29. The Morgan fingerprint density at radius 1 is 1.28 bits per heavy atom. The van der Waals surface area contributed by atoms with Crippen LogP contribution in [0.3, 0.4) is 0 Å². The van der Waals surface area contributed by atoms with E-state index in [4.69, 9.17) is 5.73 Å². The number of amides is 3. The molecule has 2 rings (SSSR count). The Hall–Kier alpha value is -3.03. The van der Waals surface area contributed by atoms with Crippen molar-refractivity contribution in [1.29, 1.82) is 0 Å². The molecule has 0 saturated carbocycles. The van der Waals surface area contributed by atoms with E-state index < -0.39 is 18.0 Å². The van der Waals surface area contributed by atoms with Crippen LogP contribution in [0.25, 0.3) is 10.9 Å². The normalized spacial score (nSPS) is 11.9. The Labute approximate surface area is 145 Å². The van der Waals surface area contributed by atoms with Gasteiger partial charge in [-0.05, 0) is 37.5 Å². The van der Waals surface area contributed by atoms with E-state index in [0.717, 1.165) is 16.5 Å². The molecule has 25 heavy (non-hydrogen) atoms. The third-order valence-corrected chi connectivity index (χ3v) is 3.95. The average molecular weight is 346 g/mol. The summed E-state index contributed by atoms with van der Waals surface area (Å²) in [6.07, 6.45) is 2.41. The van der Waals surface area contributed by atoms with E-state index in [-0.39, 0.29) is 25.4 Å². The lowest BCUT2D eigenvalue weighted by atomic mass is 10.1. The fraction of sp³-hybridized carbons (Fsp3) is 0.353. The van der Waals surface area contributed by atoms with Crippen LogP contribution in [0.5, 0.6) is 0 Å². The highest BCUT2D eigenvalue weighted by Gasteiger charge is 2.20. The predicted octanol–water partition coefficient (Wildman–Crippen LogP) is 0.968. The molecule has 1 aromatic heterocycles. The Bertz CT molecular complexity index is 784. The van der Waals surface area contributed by atoms with Crippen LogP contribution in [-0.4, -0.2) is 40.2 Å². The summed E-state index contributed by atoms with van der Waals surface area (Å²) in [6, 6.07) is 6.09. The number of carboxylic acid groups (broad SMARTS) is 1. The van der Waals surface area contributed by atoms with Crippen LogP contribution < -0.4 is 16.4 Å². The van der Waals surface area contributed by atoms with Gasteiger partial charge in [0, 0.05) is 23.6 Å². The van der Waals surface area contributed by atoms with E-state index in [9.17, 15) is 19.5 Å². The van der Waals surface area contributed by atoms with Crippen molar-refractivity contribution in [1.82, 2.24) is 15.2 Å². The molecule has 3 amide bonds. The molecule has 0 bridgehead atoms. The molecule has 0 fully saturated rings. The summed E-state index contributed by atoms with van der Waals surface area (Å²) < 4.78 is 1.78. The van der Waals surface area contributed by atoms with Gasteiger partial charge >= 0.3 is 12.0 Å². The molecule has 0 spiro atoms. The van der Waals surface area contributed by atoms with Gasteiger partial charge in [-0.1, -0.05) is 12.1 Å². The molecule has 5 N–H and O–H groups in total. The second-order valence-electron chi connectivity index (χ2n) is 5.84. The number of aliphatic carboxylic acids is 1. The number of hydrogen-bond donors (Lipinski definition) is 4. The molecule has 2 aromatic rings. The van der Waals surface area contributed by atoms with Crippen molar-refractivity contribution in [3.63, 3.8) is 0 Å². The van der Waals surface area contributed by atoms with Crippen molar-refractivity contribution < 1.29 is 19.5 Å². The Kier molecular flexibility index (Phi) is 5.99. The van der Waals surface area contributed by atoms with Crippen LogP contribution in [-0.2, 0) is 16.1 Å². The third-order valence-electron chi connectivity index (χ3n) is 3.95. The Morgan fingerprint density at radius 3 is 2.72 bits per heavy atom. The molecule has 0 saturated heterocycles. The van der Waals surface area contributed by atoms with Gasteiger partial charge in [0.2, 0.25) is 5.91 Å². The van der Waals surface area contributed by atoms with Gasteiger partial charge in [-0.25, -0.2) is 9.59 Å². The van der Waals surface area contributed by atoms with Gasteiger partial charge in [-0.3, -0.25) is 4.79 Å². The summed E-state index contributed by atoms with van der Waals surface area (Å²) in [5, 5.41) is 15.2. The molecule has 0 aliphatic carbocycles.